The van der Waals surface area contributed by atoms with E-state index in [1.807, 2.05) is 6.92 Å². The zero-order valence-corrected chi connectivity index (χ0v) is 11.3. The zero-order valence-electron chi connectivity index (χ0n) is 9.68. The Morgan fingerprint density at radius 1 is 1.50 bits per heavy atom. The average Bonchev–Trinajstić information content (AvgIpc) is 2.84. The summed E-state index contributed by atoms with van der Waals surface area (Å²) < 4.78 is 18.1. The second-order valence-electron chi connectivity index (χ2n) is 3.53. The number of aromatic nitrogens is 2. The van der Waals surface area contributed by atoms with Gasteiger partial charge in [0, 0.05) is 12.2 Å². The van der Waals surface area contributed by atoms with E-state index in [-0.39, 0.29) is 5.82 Å². The number of halogens is 1. The molecule has 2 aromatic rings. The fourth-order valence-electron chi connectivity index (χ4n) is 1.37. The smallest absolute Gasteiger partial charge is 0.170 e. The van der Waals surface area contributed by atoms with E-state index in [1.165, 1.54) is 41.5 Å². The Labute approximate surface area is 113 Å². The number of aryl methyl sites for hydroxylation is 1. The van der Waals surface area contributed by atoms with E-state index in [1.54, 1.807) is 0 Å². The van der Waals surface area contributed by atoms with Crippen molar-refractivity contribution in [2.45, 2.75) is 23.4 Å². The predicted octanol–water partition coefficient (Wildman–Crippen LogP) is 3.40. The van der Waals surface area contributed by atoms with Gasteiger partial charge in [-0.2, -0.15) is 9.64 Å². The van der Waals surface area contributed by atoms with E-state index < -0.39 is 0 Å². The van der Waals surface area contributed by atoms with Crippen LogP contribution in [-0.4, -0.2) is 9.36 Å². The van der Waals surface area contributed by atoms with Gasteiger partial charge in [0.25, 0.3) is 0 Å². The molecular formula is C12H10FN3S2. The van der Waals surface area contributed by atoms with Crippen molar-refractivity contribution in [1.29, 1.82) is 5.26 Å². The lowest BCUT2D eigenvalue weighted by Crippen LogP contribution is -1.89. The molecular weight excluding hydrogens is 269 g/mol. The quantitative estimate of drug-likeness (QED) is 0.805. The Hall–Kier alpha value is -1.45. The highest BCUT2D eigenvalue weighted by atomic mass is 32.2. The maximum absolute atomic E-state index is 13.1. The molecule has 0 amide bonds. The van der Waals surface area contributed by atoms with Crippen LogP contribution in [0.2, 0.25) is 0 Å². The molecule has 0 unspecified atom stereocenters. The van der Waals surface area contributed by atoms with Crippen molar-refractivity contribution in [3.05, 3.63) is 41.0 Å². The summed E-state index contributed by atoms with van der Waals surface area (Å²) in [6.45, 7) is 2.00. The fourth-order valence-corrected chi connectivity index (χ4v) is 3.06. The van der Waals surface area contributed by atoms with Crippen LogP contribution < -0.4 is 0 Å². The first kappa shape index (κ1) is 13.0. The van der Waals surface area contributed by atoms with E-state index in [9.17, 15) is 4.39 Å². The Morgan fingerprint density at radius 3 is 3.00 bits per heavy atom. The van der Waals surface area contributed by atoms with Crippen LogP contribution in [0.1, 0.15) is 23.9 Å². The molecule has 0 saturated carbocycles. The lowest BCUT2D eigenvalue weighted by molar-refractivity contribution is 0.626. The van der Waals surface area contributed by atoms with Crippen LogP contribution in [0, 0.1) is 17.1 Å². The number of hydrogen-bond donors (Lipinski definition) is 0. The highest BCUT2D eigenvalue weighted by Gasteiger charge is 2.07. The second kappa shape index (κ2) is 5.94. The van der Waals surface area contributed by atoms with Gasteiger partial charge in [0.1, 0.15) is 11.6 Å². The third kappa shape index (κ3) is 3.06. The normalized spacial score (nSPS) is 10.3. The van der Waals surface area contributed by atoms with Gasteiger partial charge in [-0.25, -0.2) is 9.37 Å². The first-order valence-corrected chi connectivity index (χ1v) is 7.12. The average molecular weight is 279 g/mol. The van der Waals surface area contributed by atoms with Crippen molar-refractivity contribution in [3.8, 4) is 6.07 Å². The molecule has 0 radical (unpaired) electrons. The Bertz CT molecular complexity index is 589. The summed E-state index contributed by atoms with van der Waals surface area (Å²) in [5.74, 6) is 1.03. The number of thioether (sulfide) groups is 1. The summed E-state index contributed by atoms with van der Waals surface area (Å²) in [4.78, 5) is 4.32. The Balaban J connectivity index is 2.10. The van der Waals surface area contributed by atoms with Crippen LogP contribution in [0.4, 0.5) is 4.39 Å². The third-order valence-corrected chi connectivity index (χ3v) is 4.22. The molecule has 0 saturated heterocycles. The van der Waals surface area contributed by atoms with E-state index in [0.717, 1.165) is 16.6 Å². The first-order chi connectivity index (χ1) is 8.72. The molecule has 0 fully saturated rings. The van der Waals surface area contributed by atoms with Crippen molar-refractivity contribution in [2.75, 3.05) is 0 Å². The van der Waals surface area contributed by atoms with E-state index >= 15 is 0 Å². The maximum atomic E-state index is 13.1. The van der Waals surface area contributed by atoms with Crippen molar-refractivity contribution in [3.63, 3.8) is 0 Å². The fraction of sp³-hybridized carbons (Fsp3) is 0.250. The lowest BCUT2D eigenvalue weighted by Gasteiger charge is -2.01. The molecule has 0 aliphatic heterocycles. The van der Waals surface area contributed by atoms with Gasteiger partial charge in [-0.1, -0.05) is 18.7 Å². The second-order valence-corrected chi connectivity index (χ2v) is 5.51. The van der Waals surface area contributed by atoms with Crippen molar-refractivity contribution in [2.24, 2.45) is 0 Å². The van der Waals surface area contributed by atoms with Gasteiger partial charge in [-0.3, -0.25) is 0 Å². The minimum absolute atomic E-state index is 0.323. The summed E-state index contributed by atoms with van der Waals surface area (Å²) in [7, 11) is 0. The van der Waals surface area contributed by atoms with Crippen molar-refractivity contribution in [1.82, 2.24) is 9.36 Å². The van der Waals surface area contributed by atoms with Crippen molar-refractivity contribution < 1.29 is 4.39 Å². The molecule has 18 heavy (non-hydrogen) atoms. The summed E-state index contributed by atoms with van der Waals surface area (Å²) >= 11 is 2.81. The number of benzene rings is 1. The number of nitriles is 1. The van der Waals surface area contributed by atoms with Gasteiger partial charge >= 0.3 is 0 Å². The molecule has 3 nitrogen and oxygen atoms in total. The first-order valence-electron chi connectivity index (χ1n) is 5.37. The third-order valence-electron chi connectivity index (χ3n) is 2.30. The summed E-state index contributed by atoms with van der Waals surface area (Å²) in [6, 6.07) is 6.26. The highest BCUT2D eigenvalue weighted by molar-refractivity contribution is 8.00. The zero-order chi connectivity index (χ0) is 13.0. The minimum atomic E-state index is -0.323. The summed E-state index contributed by atoms with van der Waals surface area (Å²) in [6.07, 6.45) is 0.806. The topological polar surface area (TPSA) is 49.6 Å². The molecule has 1 heterocycles. The van der Waals surface area contributed by atoms with Crippen LogP contribution in [0.3, 0.4) is 0 Å². The van der Waals surface area contributed by atoms with Gasteiger partial charge in [0.2, 0.25) is 0 Å². The van der Waals surface area contributed by atoms with Crippen LogP contribution in [0.25, 0.3) is 0 Å². The van der Waals surface area contributed by atoms with Gasteiger partial charge < -0.3 is 0 Å². The summed E-state index contributed by atoms with van der Waals surface area (Å²) in [5.41, 5.74) is 1.19. The van der Waals surface area contributed by atoms with Crippen LogP contribution >= 0.6 is 23.3 Å². The summed E-state index contributed by atoms with van der Waals surface area (Å²) in [5, 5.41) is 8.94. The molecule has 1 aromatic carbocycles. The molecule has 2 rings (SSSR count). The SMILES string of the molecule is CCc1nsc(SCc2cc(F)ccc2C#N)n1. The molecule has 0 spiro atoms. The van der Waals surface area contributed by atoms with Gasteiger partial charge in [0.15, 0.2) is 4.34 Å². The van der Waals surface area contributed by atoms with Crippen molar-refractivity contribution >= 4 is 23.3 Å². The van der Waals surface area contributed by atoms with E-state index in [2.05, 4.69) is 15.4 Å². The molecule has 0 aliphatic rings. The molecule has 0 N–H and O–H groups in total. The number of nitrogens with zero attached hydrogens (tertiary/aromatic N) is 3. The number of hydrogen-bond acceptors (Lipinski definition) is 5. The largest absolute Gasteiger partial charge is 0.213 e. The lowest BCUT2D eigenvalue weighted by atomic mass is 10.1. The van der Waals surface area contributed by atoms with Crippen LogP contribution in [0.5, 0.6) is 0 Å². The predicted molar refractivity (Wildman–Crippen MR) is 70.0 cm³/mol. The molecule has 92 valence electrons. The minimum Gasteiger partial charge on any atom is -0.213 e. The standard InChI is InChI=1S/C12H10FN3S2/c1-2-11-15-12(18-16-11)17-7-9-5-10(13)4-3-8(9)6-14/h3-5H,2,7H2,1H3. The Kier molecular flexibility index (Phi) is 4.28. The highest BCUT2D eigenvalue weighted by Crippen LogP contribution is 2.26. The monoisotopic (exact) mass is 279 g/mol. The van der Waals surface area contributed by atoms with Crippen LogP contribution in [-0.2, 0) is 12.2 Å². The van der Waals surface area contributed by atoms with Gasteiger partial charge in [-0.15, -0.1) is 0 Å². The van der Waals surface area contributed by atoms with Crippen LogP contribution in [0.15, 0.2) is 22.5 Å². The number of rotatable bonds is 4. The molecule has 1 aromatic heterocycles. The Morgan fingerprint density at radius 2 is 2.33 bits per heavy atom. The van der Waals surface area contributed by atoms with Gasteiger partial charge in [0.05, 0.1) is 11.6 Å². The van der Waals surface area contributed by atoms with E-state index in [4.69, 9.17) is 5.26 Å². The molecule has 0 bridgehead atoms. The molecule has 0 atom stereocenters. The van der Waals surface area contributed by atoms with Gasteiger partial charge in [-0.05, 0) is 35.3 Å². The molecule has 6 heteroatoms. The van der Waals surface area contributed by atoms with E-state index in [0.29, 0.717) is 16.9 Å². The maximum Gasteiger partial charge on any atom is 0.170 e. The molecule has 0 aliphatic carbocycles.